The number of hydrogen-bond acceptors (Lipinski definition) is 4. The van der Waals surface area contributed by atoms with Gasteiger partial charge in [-0.25, -0.2) is 0 Å². The molecule has 0 heterocycles. The Kier molecular flexibility index (Phi) is 110. The number of hydrogen-bond donors (Lipinski definition) is 4. The summed E-state index contributed by atoms with van der Waals surface area (Å²) in [4.78, 5) is 41.3. The van der Waals surface area contributed by atoms with Gasteiger partial charge in [-0.3, -0.25) is 19.2 Å². The molecule has 0 aromatic rings. The molecular formula is C72H148CaMgO8Zn. The van der Waals surface area contributed by atoms with Gasteiger partial charge in [-0.1, -0.05) is 387 Å². The summed E-state index contributed by atoms with van der Waals surface area (Å²) in [7, 11) is 0. The topological polar surface area (TPSA) is 149 Å². The molecule has 83 heavy (non-hydrogen) atoms. The van der Waals surface area contributed by atoms with Gasteiger partial charge in [-0.15, -0.1) is 0 Å². The zero-order valence-corrected chi connectivity index (χ0v) is 63.4. The summed E-state index contributed by atoms with van der Waals surface area (Å²) >= 11 is 0. The summed E-state index contributed by atoms with van der Waals surface area (Å²) in [6, 6.07) is 0. The van der Waals surface area contributed by atoms with E-state index in [0.717, 1.165) is 51.4 Å². The third-order valence-corrected chi connectivity index (χ3v) is 16.0. The van der Waals surface area contributed by atoms with E-state index in [4.69, 9.17) is 20.4 Å². The summed E-state index contributed by atoms with van der Waals surface area (Å²) in [5, 5.41) is 34.1. The Hall–Kier alpha value is 0.529. The molecule has 0 spiro atoms. The van der Waals surface area contributed by atoms with Crippen molar-refractivity contribution in [3.8, 4) is 0 Å². The summed E-state index contributed by atoms with van der Waals surface area (Å²) in [5.41, 5.74) is 0. The monoisotopic (exact) mass is 1270 g/mol. The van der Waals surface area contributed by atoms with Crippen LogP contribution in [0.4, 0.5) is 0 Å². The van der Waals surface area contributed by atoms with Gasteiger partial charge < -0.3 is 26.1 Å². The molecule has 0 saturated heterocycles. The quantitative estimate of drug-likeness (QED) is 0.0347. The van der Waals surface area contributed by atoms with Crippen LogP contribution in [-0.4, -0.2) is 105 Å². The zero-order valence-electron chi connectivity index (χ0n) is 60.8. The van der Waals surface area contributed by atoms with E-state index in [2.05, 4.69) is 27.7 Å². The van der Waals surface area contributed by atoms with Crippen LogP contribution in [-0.2, 0) is 38.7 Å². The molecule has 0 amide bonds. The average molecular weight is 1270 g/mol. The first kappa shape index (κ1) is 97.1. The summed E-state index contributed by atoms with van der Waals surface area (Å²) in [6.45, 7) is 9.08. The first-order valence-electron chi connectivity index (χ1n) is 36.0. The molecule has 11 heteroatoms. The Morgan fingerprint density at radius 3 is 0.337 bits per heavy atom. The predicted molar refractivity (Wildman–Crippen MR) is 365 cm³/mol. The van der Waals surface area contributed by atoms with Gasteiger partial charge in [0, 0.05) is 45.2 Å². The van der Waals surface area contributed by atoms with Gasteiger partial charge in [0.05, 0.1) is 0 Å². The van der Waals surface area contributed by atoms with Crippen LogP contribution in [0.25, 0.3) is 0 Å². The third-order valence-electron chi connectivity index (χ3n) is 16.0. The molecule has 0 radical (unpaired) electrons. The van der Waals surface area contributed by atoms with Gasteiger partial charge in [-0.05, 0) is 25.7 Å². The number of aliphatic carboxylic acids is 4. The Bertz CT molecular complexity index is 1030. The van der Waals surface area contributed by atoms with Crippen molar-refractivity contribution in [2.24, 2.45) is 0 Å². The van der Waals surface area contributed by atoms with Gasteiger partial charge in [0.25, 0.3) is 0 Å². The fourth-order valence-corrected chi connectivity index (χ4v) is 10.6. The van der Waals surface area contributed by atoms with Crippen molar-refractivity contribution in [2.75, 3.05) is 0 Å². The van der Waals surface area contributed by atoms with E-state index in [1.807, 2.05) is 0 Å². The first-order chi connectivity index (χ1) is 39.1. The smallest absolute Gasteiger partial charge is 1.00 e. The Morgan fingerprint density at radius 2 is 0.265 bits per heavy atom. The van der Waals surface area contributed by atoms with Gasteiger partial charge in [-0.2, -0.15) is 0 Å². The van der Waals surface area contributed by atoms with Crippen molar-refractivity contribution >= 4 is 84.7 Å². The van der Waals surface area contributed by atoms with Crippen LogP contribution in [0.15, 0.2) is 0 Å². The molecule has 0 aliphatic carbocycles. The summed E-state index contributed by atoms with van der Waals surface area (Å²) in [5.74, 6) is -2.61. The third kappa shape index (κ3) is 114. The molecule has 0 atom stereocenters. The first-order valence-corrected chi connectivity index (χ1v) is 36.0. The average Bonchev–Trinajstić information content (AvgIpc) is 3.43. The van der Waals surface area contributed by atoms with Crippen LogP contribution >= 0.6 is 0 Å². The maximum absolute atomic E-state index is 10.3. The second-order valence-electron chi connectivity index (χ2n) is 24.4. The second kappa shape index (κ2) is 93.7. The van der Waals surface area contributed by atoms with E-state index < -0.39 is 23.9 Å². The van der Waals surface area contributed by atoms with Gasteiger partial charge in [0.15, 0.2) is 0 Å². The number of carboxylic acid groups (broad SMARTS) is 4. The molecule has 490 valence electrons. The van der Waals surface area contributed by atoms with E-state index >= 15 is 0 Å². The van der Waals surface area contributed by atoms with E-state index in [9.17, 15) is 19.2 Å². The minimum Gasteiger partial charge on any atom is -1.00 e. The van der Waals surface area contributed by atoms with Crippen LogP contribution in [0, 0.1) is 0 Å². The van der Waals surface area contributed by atoms with Crippen molar-refractivity contribution in [2.45, 2.75) is 439 Å². The predicted octanol–water partition coefficient (Wildman–Crippen LogP) is 25.0. The summed E-state index contributed by atoms with van der Waals surface area (Å²) in [6.07, 6.45) is 80.8. The Labute approximate surface area is 583 Å². The fraction of sp³-hybridized carbons (Fsp3) is 0.944. The van der Waals surface area contributed by atoms with Crippen LogP contribution in [0.3, 0.4) is 0 Å². The van der Waals surface area contributed by atoms with Crippen molar-refractivity contribution in [3.63, 3.8) is 0 Å². The molecule has 0 unspecified atom stereocenters. The molecule has 0 aromatic carbocycles. The molecule has 0 saturated carbocycles. The standard InChI is InChI=1S/4C18H36O2.Ca.Mg.Zn.4H/c4*1-2-3-4-5-6-7-8-9-10-11-12-13-14-15-16-17-18(19)20;;;;;;;/h4*2-17H2,1H3,(H,19,20);;;;;;;/q;;;;2*+2;;4*-1. The molecule has 0 fully saturated rings. The van der Waals surface area contributed by atoms with Crippen LogP contribution in [0.2, 0.25) is 0 Å². The van der Waals surface area contributed by atoms with Crippen LogP contribution < -0.4 is 0 Å². The van der Waals surface area contributed by atoms with Crippen LogP contribution in [0.5, 0.6) is 0 Å². The molecule has 0 aliphatic heterocycles. The second-order valence-corrected chi connectivity index (χ2v) is 24.4. The van der Waals surface area contributed by atoms with Crippen molar-refractivity contribution in [1.82, 2.24) is 0 Å². The molecule has 0 rings (SSSR count). The van der Waals surface area contributed by atoms with Crippen molar-refractivity contribution < 1.29 is 64.8 Å². The fourth-order valence-electron chi connectivity index (χ4n) is 10.6. The minimum absolute atomic E-state index is 0. The molecular weight excluding hydrogens is 1120 g/mol. The molecule has 0 aromatic heterocycles. The molecule has 0 aliphatic rings. The molecule has 0 bridgehead atoms. The van der Waals surface area contributed by atoms with Gasteiger partial charge in [0.2, 0.25) is 0 Å². The Balaban J connectivity index is -0.0000000958. The van der Waals surface area contributed by atoms with Crippen LogP contribution in [0.1, 0.15) is 444 Å². The van der Waals surface area contributed by atoms with E-state index in [1.165, 1.54) is 334 Å². The largest absolute Gasteiger partial charge is 2.00 e. The van der Waals surface area contributed by atoms with E-state index in [0.29, 0.717) is 25.7 Å². The molecule has 4 N–H and O–H groups in total. The zero-order chi connectivity index (χ0) is 59.6. The Morgan fingerprint density at radius 1 is 0.193 bits per heavy atom. The van der Waals surface area contributed by atoms with E-state index in [1.54, 1.807) is 0 Å². The SMILES string of the molecule is CCCCCCCCCCCCCCCCCC(=O)O.CCCCCCCCCCCCCCCCCC(=O)O.CCCCCCCCCCCCCCCCCC(=O)O.CCCCCCCCCCCCCCCCCC(=O)O.[Ca+2].[H-].[H-].[H-].[H-].[Mg+2].[Zn]. The number of carboxylic acids is 4. The maximum Gasteiger partial charge on any atom is 2.00 e. The van der Waals surface area contributed by atoms with E-state index in [-0.39, 0.29) is 86.0 Å². The van der Waals surface area contributed by atoms with Gasteiger partial charge >= 0.3 is 84.7 Å². The number of carbonyl (C=O) groups is 4. The molecule has 8 nitrogen and oxygen atoms in total. The normalized spacial score (nSPS) is 10.5. The van der Waals surface area contributed by atoms with Gasteiger partial charge in [0.1, 0.15) is 0 Å². The number of unbranched alkanes of at least 4 members (excludes halogenated alkanes) is 56. The summed E-state index contributed by atoms with van der Waals surface area (Å²) < 4.78 is 0. The minimum atomic E-state index is -0.653. The maximum atomic E-state index is 10.3. The van der Waals surface area contributed by atoms with Crippen molar-refractivity contribution in [3.05, 3.63) is 0 Å². The van der Waals surface area contributed by atoms with Crippen molar-refractivity contribution in [1.29, 1.82) is 0 Å². The number of rotatable bonds is 64.